The molecule has 0 saturated carbocycles. The van der Waals surface area contributed by atoms with Crippen molar-refractivity contribution >= 4 is 47.1 Å². The Labute approximate surface area is 117 Å². The van der Waals surface area contributed by atoms with Gasteiger partial charge < -0.3 is 4.18 Å². The fourth-order valence-corrected chi connectivity index (χ4v) is 3.45. The van der Waals surface area contributed by atoms with E-state index in [0.717, 1.165) is 12.0 Å². The number of nitrogens with one attached hydrogen (secondary N) is 1. The van der Waals surface area contributed by atoms with Crippen molar-refractivity contribution in [3.8, 4) is 5.75 Å². The molecule has 0 aromatic heterocycles. The van der Waals surface area contributed by atoms with Crippen molar-refractivity contribution in [1.29, 1.82) is 0 Å². The normalized spacial score (nSPS) is 25.9. The lowest BCUT2D eigenvalue weighted by atomic mass is 9.80. The Kier molecular flexibility index (Phi) is 2.73. The summed E-state index contributed by atoms with van der Waals surface area (Å²) < 4.78 is 5.41. The maximum absolute atomic E-state index is 12.0. The molecule has 2 aliphatic heterocycles. The summed E-state index contributed by atoms with van der Waals surface area (Å²) in [6.45, 7) is 0. The van der Waals surface area contributed by atoms with Crippen molar-refractivity contribution < 1.29 is 13.8 Å². The van der Waals surface area contributed by atoms with E-state index in [1.54, 1.807) is 12.1 Å². The topological polar surface area (TPSA) is 55.4 Å². The molecular weight excluding hydrogens is 297 g/mol. The highest BCUT2D eigenvalue weighted by Gasteiger charge is 2.52. The van der Waals surface area contributed by atoms with Crippen molar-refractivity contribution in [3.63, 3.8) is 0 Å². The summed E-state index contributed by atoms with van der Waals surface area (Å²) in [5, 5.41) is 3.03. The van der Waals surface area contributed by atoms with Crippen LogP contribution in [0.1, 0.15) is 12.0 Å². The number of benzene rings is 1. The Hall–Kier alpha value is -0.910. The summed E-state index contributed by atoms with van der Waals surface area (Å²) in [5.74, 6) is 0.295. The molecule has 2 amide bonds. The van der Waals surface area contributed by atoms with Gasteiger partial charge in [-0.25, -0.2) is 0 Å². The maximum atomic E-state index is 12.0. The van der Waals surface area contributed by atoms with Crippen LogP contribution in [-0.2, 0) is 15.0 Å². The van der Waals surface area contributed by atoms with E-state index < -0.39 is 5.41 Å². The molecule has 18 heavy (non-hydrogen) atoms. The van der Waals surface area contributed by atoms with Crippen molar-refractivity contribution in [1.82, 2.24) is 5.32 Å². The maximum Gasteiger partial charge on any atom is 0.238 e. The zero-order valence-corrected chi connectivity index (χ0v) is 11.3. The molecule has 1 spiro atoms. The van der Waals surface area contributed by atoms with E-state index in [0.29, 0.717) is 27.1 Å². The number of rotatable bonds is 0. The molecule has 2 aliphatic rings. The average Bonchev–Trinajstić information content (AvgIpc) is 2.58. The molecule has 1 atom stereocenters. The third-order valence-corrected chi connectivity index (χ3v) is 4.77. The Balaban J connectivity index is 2.20. The van der Waals surface area contributed by atoms with Crippen LogP contribution in [0.2, 0.25) is 10.0 Å². The molecule has 1 aromatic rings. The van der Waals surface area contributed by atoms with Gasteiger partial charge in [0.25, 0.3) is 0 Å². The molecule has 1 N–H and O–H groups in total. The van der Waals surface area contributed by atoms with Gasteiger partial charge in [0.2, 0.25) is 11.8 Å². The van der Waals surface area contributed by atoms with Gasteiger partial charge in [0.1, 0.15) is 5.75 Å². The minimum atomic E-state index is -0.885. The van der Waals surface area contributed by atoms with Crippen LogP contribution < -0.4 is 9.50 Å². The lowest BCUT2D eigenvalue weighted by molar-refractivity contribution is -0.126. The first kappa shape index (κ1) is 12.1. The van der Waals surface area contributed by atoms with Crippen molar-refractivity contribution in [2.75, 3.05) is 5.75 Å². The second-order valence-corrected chi connectivity index (χ2v) is 5.75. The number of imide groups is 1. The third kappa shape index (κ3) is 1.61. The summed E-state index contributed by atoms with van der Waals surface area (Å²) in [4.78, 5) is 23.5. The van der Waals surface area contributed by atoms with Crippen LogP contribution in [0, 0.1) is 0 Å². The van der Waals surface area contributed by atoms with Crippen LogP contribution >= 0.6 is 35.2 Å². The first-order chi connectivity index (χ1) is 8.53. The fraction of sp³-hybridized carbons (Fsp3) is 0.273. The molecule has 2 heterocycles. The van der Waals surface area contributed by atoms with Crippen LogP contribution in [-0.4, -0.2) is 17.6 Å². The average molecular weight is 304 g/mol. The monoisotopic (exact) mass is 303 g/mol. The Morgan fingerprint density at radius 3 is 2.67 bits per heavy atom. The predicted octanol–water partition coefficient (Wildman–Crippen LogP) is 2.32. The largest absolute Gasteiger partial charge is 0.425 e. The molecule has 0 radical (unpaired) electrons. The highest BCUT2D eigenvalue weighted by atomic mass is 35.5. The van der Waals surface area contributed by atoms with Gasteiger partial charge in [-0.15, -0.1) is 0 Å². The Morgan fingerprint density at radius 2 is 2.00 bits per heavy atom. The molecule has 1 fully saturated rings. The molecule has 1 saturated heterocycles. The molecule has 4 nitrogen and oxygen atoms in total. The predicted molar refractivity (Wildman–Crippen MR) is 69.0 cm³/mol. The van der Waals surface area contributed by atoms with E-state index in [4.69, 9.17) is 27.4 Å². The van der Waals surface area contributed by atoms with E-state index in [1.165, 1.54) is 0 Å². The molecule has 7 heteroatoms. The van der Waals surface area contributed by atoms with Gasteiger partial charge in [0.15, 0.2) is 0 Å². The zero-order chi connectivity index (χ0) is 12.9. The number of carbonyl (C=O) groups excluding carboxylic acids is 2. The van der Waals surface area contributed by atoms with E-state index in [9.17, 15) is 9.59 Å². The smallest absolute Gasteiger partial charge is 0.238 e. The lowest BCUT2D eigenvalue weighted by Gasteiger charge is -2.31. The van der Waals surface area contributed by atoms with E-state index in [2.05, 4.69) is 5.32 Å². The number of hydrogen-bond acceptors (Lipinski definition) is 4. The zero-order valence-electron chi connectivity index (χ0n) is 8.96. The van der Waals surface area contributed by atoms with Crippen LogP contribution in [0.15, 0.2) is 12.1 Å². The van der Waals surface area contributed by atoms with Gasteiger partial charge in [0, 0.05) is 18.1 Å². The number of carbonyl (C=O) groups is 2. The quantitative estimate of drug-likeness (QED) is 0.590. The minimum Gasteiger partial charge on any atom is -0.425 e. The molecule has 1 aromatic carbocycles. The summed E-state index contributed by atoms with van der Waals surface area (Å²) in [6.07, 6.45) is 0.118. The second kappa shape index (κ2) is 4.05. The Morgan fingerprint density at radius 1 is 1.28 bits per heavy atom. The SMILES string of the molecule is O=C1CC2(CSOc3cc(Cl)c(Cl)cc32)C(=O)N1. The van der Waals surface area contributed by atoms with Crippen LogP contribution in [0.25, 0.3) is 0 Å². The first-order valence-electron chi connectivity index (χ1n) is 5.16. The third-order valence-electron chi connectivity index (χ3n) is 3.14. The standard InChI is InChI=1S/C11H7Cl2NO3S/c12-6-1-5-8(2-7(6)13)17-18-4-11(5)3-9(15)14-10(11)16/h1-2H,3-4H2,(H,14,15,16). The number of hydrogen-bond donors (Lipinski definition) is 1. The lowest BCUT2D eigenvalue weighted by Crippen LogP contribution is -2.40. The highest BCUT2D eigenvalue weighted by Crippen LogP contribution is 2.47. The van der Waals surface area contributed by atoms with Gasteiger partial charge in [-0.2, -0.15) is 0 Å². The van der Waals surface area contributed by atoms with Gasteiger partial charge >= 0.3 is 0 Å². The number of amides is 2. The molecule has 0 bridgehead atoms. The minimum absolute atomic E-state index is 0.118. The molecule has 94 valence electrons. The second-order valence-electron chi connectivity index (χ2n) is 4.24. The van der Waals surface area contributed by atoms with E-state index in [-0.39, 0.29) is 18.2 Å². The summed E-state index contributed by atoms with van der Waals surface area (Å²) >= 11 is 13.0. The first-order valence-corrected chi connectivity index (χ1v) is 6.83. The highest BCUT2D eigenvalue weighted by molar-refractivity contribution is 7.95. The fourth-order valence-electron chi connectivity index (χ4n) is 2.22. The Bertz CT molecular complexity index is 578. The van der Waals surface area contributed by atoms with Crippen molar-refractivity contribution in [3.05, 3.63) is 27.7 Å². The van der Waals surface area contributed by atoms with Crippen LogP contribution in [0.4, 0.5) is 0 Å². The van der Waals surface area contributed by atoms with Crippen molar-refractivity contribution in [2.45, 2.75) is 11.8 Å². The van der Waals surface area contributed by atoms with Crippen LogP contribution in [0.3, 0.4) is 0 Å². The number of fused-ring (bicyclic) bond motifs is 2. The molecule has 0 aliphatic carbocycles. The van der Waals surface area contributed by atoms with Gasteiger partial charge in [-0.05, 0) is 6.07 Å². The molecule has 3 rings (SSSR count). The van der Waals surface area contributed by atoms with E-state index in [1.807, 2.05) is 0 Å². The summed E-state index contributed by atoms with van der Waals surface area (Å²) in [6, 6.07) is 3.18. The van der Waals surface area contributed by atoms with E-state index >= 15 is 0 Å². The number of halogens is 2. The van der Waals surface area contributed by atoms with Gasteiger partial charge in [0.05, 0.1) is 33.3 Å². The summed E-state index contributed by atoms with van der Waals surface area (Å²) in [5.41, 5.74) is -0.261. The molecular formula is C11H7Cl2NO3S. The van der Waals surface area contributed by atoms with Crippen molar-refractivity contribution in [2.24, 2.45) is 0 Å². The summed E-state index contributed by atoms with van der Waals surface area (Å²) in [7, 11) is 0. The van der Waals surface area contributed by atoms with Gasteiger partial charge in [-0.3, -0.25) is 14.9 Å². The molecule has 1 unspecified atom stereocenters. The van der Waals surface area contributed by atoms with Gasteiger partial charge in [-0.1, -0.05) is 23.2 Å². The van der Waals surface area contributed by atoms with Crippen LogP contribution in [0.5, 0.6) is 5.75 Å².